The van der Waals surface area contributed by atoms with Crippen molar-refractivity contribution < 1.29 is 0 Å². The van der Waals surface area contributed by atoms with Crippen molar-refractivity contribution in [2.24, 2.45) is 0 Å². The minimum atomic E-state index is 0.951. The van der Waals surface area contributed by atoms with Gasteiger partial charge in [0.05, 0.1) is 5.52 Å². The van der Waals surface area contributed by atoms with Gasteiger partial charge < -0.3 is 4.98 Å². The van der Waals surface area contributed by atoms with E-state index in [1.807, 2.05) is 29.2 Å². The molecule has 0 atom stereocenters. The average molecular weight is 262 g/mol. The second-order valence-corrected chi connectivity index (χ2v) is 4.87. The third kappa shape index (κ3) is 1.54. The van der Waals surface area contributed by atoms with Gasteiger partial charge in [-0.15, -0.1) is 0 Å². The summed E-state index contributed by atoms with van der Waals surface area (Å²) in [5, 5.41) is 5.51. The molecule has 1 N–H and O–H groups in total. The van der Waals surface area contributed by atoms with Crippen LogP contribution in [0.3, 0.4) is 0 Å². The van der Waals surface area contributed by atoms with Crippen LogP contribution in [0.4, 0.5) is 0 Å². The third-order valence-corrected chi connectivity index (χ3v) is 3.75. The molecule has 0 radical (unpaired) electrons. The van der Waals surface area contributed by atoms with Crippen LogP contribution in [-0.2, 0) is 6.42 Å². The number of nitrogens with zero attached hydrogens (tertiary/aromatic N) is 3. The van der Waals surface area contributed by atoms with Crippen LogP contribution >= 0.6 is 0 Å². The van der Waals surface area contributed by atoms with Crippen molar-refractivity contribution in [2.75, 3.05) is 0 Å². The molecule has 4 heteroatoms. The van der Waals surface area contributed by atoms with Gasteiger partial charge in [-0.3, -0.25) is 0 Å². The Morgan fingerprint density at radius 3 is 3.15 bits per heavy atom. The number of nitrogens with one attached hydrogen (secondary N) is 1. The zero-order valence-corrected chi connectivity index (χ0v) is 11.2. The fourth-order valence-electron chi connectivity index (χ4n) is 2.69. The zero-order chi connectivity index (χ0) is 13.5. The molecule has 0 saturated heterocycles. The highest BCUT2D eigenvalue weighted by atomic mass is 15.2. The van der Waals surface area contributed by atoms with Gasteiger partial charge in [-0.1, -0.05) is 6.92 Å². The highest BCUT2D eigenvalue weighted by Gasteiger charge is 2.09. The van der Waals surface area contributed by atoms with Gasteiger partial charge in [-0.25, -0.2) is 9.50 Å². The molecular weight excluding hydrogens is 248 g/mol. The van der Waals surface area contributed by atoms with E-state index < -0.39 is 0 Å². The van der Waals surface area contributed by atoms with Gasteiger partial charge >= 0.3 is 0 Å². The molecule has 4 aromatic rings. The molecule has 4 heterocycles. The first kappa shape index (κ1) is 11.2. The first-order valence-corrected chi connectivity index (χ1v) is 6.75. The molecule has 0 aliphatic heterocycles. The lowest BCUT2D eigenvalue weighted by Gasteiger charge is -2.01. The number of rotatable bonds is 2. The van der Waals surface area contributed by atoms with Gasteiger partial charge in [0, 0.05) is 41.3 Å². The predicted octanol–water partition coefficient (Wildman–Crippen LogP) is 3.44. The Balaban J connectivity index is 1.97. The molecule has 0 amide bonds. The maximum Gasteiger partial charge on any atom is 0.137 e. The second-order valence-electron chi connectivity index (χ2n) is 4.87. The van der Waals surface area contributed by atoms with E-state index in [9.17, 15) is 0 Å². The molecule has 0 fully saturated rings. The third-order valence-electron chi connectivity index (χ3n) is 3.75. The maximum absolute atomic E-state index is 4.53. The van der Waals surface area contributed by atoms with Gasteiger partial charge in [0.2, 0.25) is 0 Å². The van der Waals surface area contributed by atoms with Crippen LogP contribution in [-0.4, -0.2) is 19.6 Å². The Morgan fingerprint density at radius 1 is 1.30 bits per heavy atom. The number of hydrogen-bond donors (Lipinski definition) is 1. The molecule has 4 nitrogen and oxygen atoms in total. The van der Waals surface area contributed by atoms with Crippen LogP contribution in [0.25, 0.3) is 27.7 Å². The monoisotopic (exact) mass is 262 g/mol. The number of H-pyrrole nitrogens is 1. The Kier molecular flexibility index (Phi) is 2.36. The van der Waals surface area contributed by atoms with E-state index in [-0.39, 0.29) is 0 Å². The molecule has 0 saturated carbocycles. The summed E-state index contributed by atoms with van der Waals surface area (Å²) < 4.78 is 1.89. The van der Waals surface area contributed by atoms with Crippen LogP contribution in [0.5, 0.6) is 0 Å². The van der Waals surface area contributed by atoms with E-state index in [0.29, 0.717) is 0 Å². The van der Waals surface area contributed by atoms with Gasteiger partial charge in [-0.05, 0) is 36.2 Å². The van der Waals surface area contributed by atoms with E-state index in [1.165, 1.54) is 10.9 Å². The minimum Gasteiger partial charge on any atom is -0.346 e. The van der Waals surface area contributed by atoms with Crippen molar-refractivity contribution in [3.8, 4) is 11.1 Å². The van der Waals surface area contributed by atoms with E-state index in [0.717, 1.165) is 28.7 Å². The van der Waals surface area contributed by atoms with Gasteiger partial charge in [0.15, 0.2) is 0 Å². The molecule has 0 bridgehead atoms. The fraction of sp³-hybridized carbons (Fsp3) is 0.125. The summed E-state index contributed by atoms with van der Waals surface area (Å²) in [5.41, 5.74) is 5.64. The quantitative estimate of drug-likeness (QED) is 0.601. The number of pyridine rings is 1. The fourth-order valence-corrected chi connectivity index (χ4v) is 2.69. The summed E-state index contributed by atoms with van der Waals surface area (Å²) in [5.74, 6) is 0. The summed E-state index contributed by atoms with van der Waals surface area (Å²) in [4.78, 5) is 7.75. The van der Waals surface area contributed by atoms with E-state index in [4.69, 9.17) is 0 Å². The molecular formula is C16H14N4. The highest BCUT2D eigenvalue weighted by Crippen LogP contribution is 2.28. The summed E-state index contributed by atoms with van der Waals surface area (Å²) in [7, 11) is 0. The van der Waals surface area contributed by atoms with E-state index in [1.54, 1.807) is 6.20 Å². The zero-order valence-electron chi connectivity index (χ0n) is 11.2. The van der Waals surface area contributed by atoms with Gasteiger partial charge in [0.25, 0.3) is 0 Å². The molecule has 0 unspecified atom stereocenters. The number of hydrogen-bond acceptors (Lipinski definition) is 2. The predicted molar refractivity (Wildman–Crippen MR) is 79.7 cm³/mol. The first-order chi connectivity index (χ1) is 9.86. The van der Waals surface area contributed by atoms with Crippen molar-refractivity contribution in [1.82, 2.24) is 19.6 Å². The smallest absolute Gasteiger partial charge is 0.137 e. The molecule has 20 heavy (non-hydrogen) atoms. The highest BCUT2D eigenvalue weighted by molar-refractivity contribution is 5.88. The summed E-state index contributed by atoms with van der Waals surface area (Å²) >= 11 is 0. The number of fused-ring (bicyclic) bond motifs is 2. The van der Waals surface area contributed by atoms with Crippen LogP contribution in [0.1, 0.15) is 12.5 Å². The lowest BCUT2D eigenvalue weighted by atomic mass is 10.1. The van der Waals surface area contributed by atoms with Gasteiger partial charge in [-0.2, -0.15) is 5.10 Å². The molecule has 0 aliphatic carbocycles. The van der Waals surface area contributed by atoms with Crippen molar-refractivity contribution in [3.63, 3.8) is 0 Å². The Hall–Kier alpha value is -2.62. The van der Waals surface area contributed by atoms with Crippen LogP contribution in [0.2, 0.25) is 0 Å². The van der Waals surface area contributed by atoms with Crippen molar-refractivity contribution in [2.45, 2.75) is 13.3 Å². The Morgan fingerprint density at radius 2 is 2.25 bits per heavy atom. The topological polar surface area (TPSA) is 46.0 Å². The van der Waals surface area contributed by atoms with Crippen molar-refractivity contribution in [1.29, 1.82) is 0 Å². The van der Waals surface area contributed by atoms with Crippen LogP contribution in [0.15, 0.2) is 49.1 Å². The molecule has 0 spiro atoms. The molecule has 0 aliphatic rings. The second kappa shape index (κ2) is 4.20. The van der Waals surface area contributed by atoms with Crippen LogP contribution < -0.4 is 0 Å². The lowest BCUT2D eigenvalue weighted by molar-refractivity contribution is 0.941. The lowest BCUT2D eigenvalue weighted by Crippen LogP contribution is -1.87. The normalized spacial score (nSPS) is 11.4. The van der Waals surface area contributed by atoms with E-state index in [2.05, 4.69) is 40.2 Å². The summed E-state index contributed by atoms with van der Waals surface area (Å²) in [6, 6.07) is 8.33. The molecule has 4 rings (SSSR count). The standard InChI is InChI=1S/C16H14N4/c1-2-11-9-17-16-14(11)8-12(10-18-16)13-5-7-20-15(13)4-3-6-19-20/h3-10H,2H2,1H3,(H,17,18). The maximum atomic E-state index is 4.53. The number of aromatic nitrogens is 4. The van der Waals surface area contributed by atoms with Crippen molar-refractivity contribution >= 4 is 16.6 Å². The first-order valence-electron chi connectivity index (χ1n) is 6.75. The van der Waals surface area contributed by atoms with Crippen LogP contribution in [0, 0.1) is 0 Å². The summed E-state index contributed by atoms with van der Waals surface area (Å²) in [6.07, 6.45) is 8.73. The number of aromatic amines is 1. The Bertz CT molecular complexity index is 901. The van der Waals surface area contributed by atoms with E-state index >= 15 is 0 Å². The largest absolute Gasteiger partial charge is 0.346 e. The number of aryl methyl sites for hydroxylation is 1. The molecule has 98 valence electrons. The SMILES string of the molecule is CCc1c[nH]c2ncc(-c3ccn4ncccc34)cc12. The minimum absolute atomic E-state index is 0.951. The molecule has 0 aromatic carbocycles. The average Bonchev–Trinajstić information content (AvgIpc) is 3.10. The van der Waals surface area contributed by atoms with Crippen molar-refractivity contribution in [3.05, 3.63) is 54.6 Å². The summed E-state index contributed by atoms with van der Waals surface area (Å²) in [6.45, 7) is 2.16. The Labute approximate surface area is 116 Å². The molecule has 4 aromatic heterocycles. The van der Waals surface area contributed by atoms with Gasteiger partial charge in [0.1, 0.15) is 5.65 Å².